The van der Waals surface area contributed by atoms with Gasteiger partial charge in [0, 0.05) is 33.6 Å². The predicted octanol–water partition coefficient (Wildman–Crippen LogP) is 3.43. The number of fused-ring (bicyclic) bond motifs is 3. The third-order valence-electron chi connectivity index (χ3n) is 6.78. The van der Waals surface area contributed by atoms with Crippen molar-refractivity contribution in [3.63, 3.8) is 0 Å². The maximum Gasteiger partial charge on any atom is 0.410 e. The second-order valence-corrected chi connectivity index (χ2v) is 9.47. The van der Waals surface area contributed by atoms with Gasteiger partial charge in [0.05, 0.1) is 6.42 Å². The molecular weight excluding hydrogens is 474 g/mol. The number of likely N-dealkylation sites (N-methyl/N-ethyl adjacent to an activating group) is 2. The lowest BCUT2D eigenvalue weighted by molar-refractivity contribution is -0.151. The van der Waals surface area contributed by atoms with Crippen LogP contribution in [0.25, 0.3) is 11.1 Å². The van der Waals surface area contributed by atoms with E-state index in [9.17, 15) is 24.3 Å². The smallest absolute Gasteiger partial charge is 0.410 e. The summed E-state index contributed by atoms with van der Waals surface area (Å²) in [5.41, 5.74) is 4.38. The number of hydrogen-bond donors (Lipinski definition) is 1. The summed E-state index contributed by atoms with van der Waals surface area (Å²) in [7, 11) is 4.49. The van der Waals surface area contributed by atoms with Crippen LogP contribution in [0.5, 0.6) is 0 Å². The molecule has 0 bridgehead atoms. The molecule has 0 aliphatic heterocycles. The van der Waals surface area contributed by atoms with Gasteiger partial charge in [-0.25, -0.2) is 4.79 Å². The topological polar surface area (TPSA) is 107 Å². The van der Waals surface area contributed by atoms with Crippen molar-refractivity contribution in [2.75, 3.05) is 34.3 Å². The first-order valence-electron chi connectivity index (χ1n) is 12.4. The van der Waals surface area contributed by atoms with E-state index in [0.717, 1.165) is 22.3 Å². The van der Waals surface area contributed by atoms with Crippen molar-refractivity contribution >= 4 is 23.9 Å². The molecule has 198 valence electrons. The Hall–Kier alpha value is -3.88. The quantitative estimate of drug-likeness (QED) is 0.526. The fourth-order valence-corrected chi connectivity index (χ4v) is 4.71. The number of amides is 3. The zero-order valence-electron chi connectivity index (χ0n) is 22.0. The number of nitrogens with zero attached hydrogens (tertiary/aromatic N) is 3. The molecule has 1 aliphatic rings. The van der Waals surface area contributed by atoms with Crippen LogP contribution in [0.4, 0.5) is 4.79 Å². The Kier molecular flexibility index (Phi) is 8.91. The van der Waals surface area contributed by atoms with Gasteiger partial charge in [-0.15, -0.1) is 0 Å². The fourth-order valence-electron chi connectivity index (χ4n) is 4.71. The molecule has 3 amide bonds. The Balaban J connectivity index is 1.74. The van der Waals surface area contributed by atoms with Crippen LogP contribution in [0.15, 0.2) is 48.5 Å². The van der Waals surface area contributed by atoms with E-state index in [0.29, 0.717) is 6.42 Å². The lowest BCUT2D eigenvalue weighted by atomic mass is 9.98. The zero-order valence-corrected chi connectivity index (χ0v) is 22.0. The summed E-state index contributed by atoms with van der Waals surface area (Å²) in [6.07, 6.45) is -0.679. The number of carboxylic acid groups (broad SMARTS) is 1. The van der Waals surface area contributed by atoms with E-state index in [2.05, 4.69) is 0 Å². The highest BCUT2D eigenvalue weighted by Crippen LogP contribution is 2.44. The van der Waals surface area contributed by atoms with E-state index in [1.165, 1.54) is 35.8 Å². The highest BCUT2D eigenvalue weighted by molar-refractivity contribution is 5.93. The molecule has 0 saturated heterocycles. The molecular formula is C28H35N3O6. The number of carboxylic acids is 1. The maximum absolute atomic E-state index is 13.4. The minimum atomic E-state index is -1.19. The molecule has 0 fully saturated rings. The van der Waals surface area contributed by atoms with Gasteiger partial charge in [-0.05, 0) is 35.6 Å². The maximum atomic E-state index is 13.4. The van der Waals surface area contributed by atoms with Gasteiger partial charge >= 0.3 is 12.1 Å². The van der Waals surface area contributed by atoms with Crippen molar-refractivity contribution < 1.29 is 29.0 Å². The van der Waals surface area contributed by atoms with Crippen LogP contribution in [-0.2, 0) is 19.1 Å². The molecule has 2 aromatic rings. The van der Waals surface area contributed by atoms with Crippen LogP contribution in [0.3, 0.4) is 0 Å². The number of hydrogen-bond acceptors (Lipinski definition) is 5. The van der Waals surface area contributed by atoms with E-state index >= 15 is 0 Å². The summed E-state index contributed by atoms with van der Waals surface area (Å²) in [6, 6.07) is 13.9. The molecule has 2 aromatic carbocycles. The first-order valence-corrected chi connectivity index (χ1v) is 12.4. The lowest BCUT2D eigenvalue weighted by Crippen LogP contribution is -2.56. The van der Waals surface area contributed by atoms with Crippen molar-refractivity contribution in [2.24, 2.45) is 0 Å². The van der Waals surface area contributed by atoms with Crippen molar-refractivity contribution in [2.45, 2.75) is 44.7 Å². The Morgan fingerprint density at radius 3 is 1.95 bits per heavy atom. The minimum Gasteiger partial charge on any atom is -0.481 e. The van der Waals surface area contributed by atoms with Gasteiger partial charge < -0.3 is 19.6 Å². The molecule has 0 radical (unpaired) electrons. The first-order chi connectivity index (χ1) is 17.6. The van der Waals surface area contributed by atoms with E-state index < -0.39 is 42.4 Å². The normalized spacial score (nSPS) is 13.6. The third-order valence-corrected chi connectivity index (χ3v) is 6.78. The Morgan fingerprint density at radius 2 is 1.46 bits per heavy atom. The van der Waals surface area contributed by atoms with Crippen LogP contribution in [0.1, 0.15) is 43.7 Å². The second-order valence-electron chi connectivity index (χ2n) is 9.47. The molecule has 0 heterocycles. The molecule has 9 heteroatoms. The van der Waals surface area contributed by atoms with Crippen molar-refractivity contribution in [1.29, 1.82) is 0 Å². The zero-order chi connectivity index (χ0) is 27.3. The second kappa shape index (κ2) is 11.9. The highest BCUT2D eigenvalue weighted by Gasteiger charge is 2.37. The van der Waals surface area contributed by atoms with Crippen LogP contribution < -0.4 is 0 Å². The summed E-state index contributed by atoms with van der Waals surface area (Å²) in [4.78, 5) is 54.4. The molecule has 0 saturated carbocycles. The van der Waals surface area contributed by atoms with Gasteiger partial charge in [0.1, 0.15) is 18.7 Å². The lowest BCUT2D eigenvalue weighted by Gasteiger charge is -2.35. The van der Waals surface area contributed by atoms with Crippen molar-refractivity contribution in [1.82, 2.24) is 14.7 Å². The van der Waals surface area contributed by atoms with Crippen LogP contribution in [0.2, 0.25) is 0 Å². The van der Waals surface area contributed by atoms with Gasteiger partial charge in [-0.2, -0.15) is 0 Å². The van der Waals surface area contributed by atoms with E-state index in [4.69, 9.17) is 4.74 Å². The Morgan fingerprint density at radius 1 is 0.919 bits per heavy atom. The number of carbonyl (C=O) groups excluding carboxylic acids is 3. The molecule has 37 heavy (non-hydrogen) atoms. The minimum absolute atomic E-state index is 0.109. The third kappa shape index (κ3) is 5.93. The molecule has 0 unspecified atom stereocenters. The summed E-state index contributed by atoms with van der Waals surface area (Å²) in [5, 5.41) is 9.37. The number of ether oxygens (including phenoxy) is 1. The van der Waals surface area contributed by atoms with Crippen molar-refractivity contribution in [3.8, 4) is 11.1 Å². The predicted molar refractivity (Wildman–Crippen MR) is 139 cm³/mol. The van der Waals surface area contributed by atoms with Gasteiger partial charge in [-0.1, -0.05) is 55.5 Å². The van der Waals surface area contributed by atoms with Gasteiger partial charge in [0.2, 0.25) is 11.8 Å². The van der Waals surface area contributed by atoms with E-state index in [1.54, 1.807) is 6.92 Å². The van der Waals surface area contributed by atoms with E-state index in [-0.39, 0.29) is 19.1 Å². The molecule has 3 rings (SSSR count). The summed E-state index contributed by atoms with van der Waals surface area (Å²) in [5.74, 6) is -2.31. The molecule has 2 atom stereocenters. The van der Waals surface area contributed by atoms with Gasteiger partial charge in [0.15, 0.2) is 0 Å². The summed E-state index contributed by atoms with van der Waals surface area (Å²) < 4.78 is 5.67. The highest BCUT2D eigenvalue weighted by atomic mass is 16.6. The van der Waals surface area contributed by atoms with Crippen LogP contribution >= 0.6 is 0 Å². The number of rotatable bonds is 10. The van der Waals surface area contributed by atoms with Crippen molar-refractivity contribution in [3.05, 3.63) is 59.7 Å². The largest absolute Gasteiger partial charge is 0.481 e. The molecule has 1 N–H and O–H groups in total. The molecule has 0 spiro atoms. The fraction of sp³-hybridized carbons (Fsp3) is 0.429. The van der Waals surface area contributed by atoms with Gasteiger partial charge in [0.25, 0.3) is 0 Å². The van der Waals surface area contributed by atoms with Crippen LogP contribution in [-0.4, -0.2) is 90.1 Å². The molecule has 9 nitrogen and oxygen atoms in total. The standard InChI is InChI=1S/C28H35N3O6/c1-6-15-31(24(16-25(32)33)27(35)29(3)4)26(34)18(2)30(5)28(36)37-17-23-21-13-9-7-11-19(21)20-12-8-10-14-22(20)23/h7-14,18,23-24H,6,15-17H2,1-5H3,(H,32,33)/t18-,24-/m0/s1. The number of aliphatic carboxylic acids is 1. The molecule has 1 aliphatic carbocycles. The Labute approximate surface area is 217 Å². The summed E-state index contributed by atoms with van der Waals surface area (Å²) >= 11 is 0. The number of benzene rings is 2. The summed E-state index contributed by atoms with van der Waals surface area (Å²) in [6.45, 7) is 3.67. The number of carbonyl (C=O) groups is 4. The molecule has 0 aromatic heterocycles. The first kappa shape index (κ1) is 27.7. The average Bonchev–Trinajstić information content (AvgIpc) is 3.21. The average molecular weight is 510 g/mol. The monoisotopic (exact) mass is 509 g/mol. The van der Waals surface area contributed by atoms with E-state index in [1.807, 2.05) is 55.5 Å². The Bertz CT molecular complexity index is 1120. The van der Waals surface area contributed by atoms with Gasteiger partial charge in [-0.3, -0.25) is 19.3 Å². The SMILES string of the molecule is CCCN(C(=O)[C@H](C)N(C)C(=O)OCC1c2ccccc2-c2ccccc21)[C@@H](CC(=O)O)C(=O)N(C)C. The van der Waals surface area contributed by atoms with Crippen LogP contribution in [0, 0.1) is 0 Å².